The van der Waals surface area contributed by atoms with Crippen molar-refractivity contribution < 1.29 is 13.2 Å². The van der Waals surface area contributed by atoms with Crippen LogP contribution in [0.3, 0.4) is 0 Å². The molecule has 6 heteroatoms. The molecule has 0 saturated carbocycles. The van der Waals surface area contributed by atoms with Crippen LogP contribution in [0.15, 0.2) is 28.7 Å². The molecule has 0 aliphatic rings. The molecule has 0 unspecified atom stereocenters. The van der Waals surface area contributed by atoms with Gasteiger partial charge in [0, 0.05) is 23.4 Å². The maximum atomic E-state index is 12.3. The van der Waals surface area contributed by atoms with E-state index in [2.05, 4.69) is 15.9 Å². The van der Waals surface area contributed by atoms with E-state index in [0.29, 0.717) is 0 Å². The summed E-state index contributed by atoms with van der Waals surface area (Å²) in [7, 11) is 0. The lowest BCUT2D eigenvalue weighted by atomic mass is 10.2. The Morgan fingerprint density at radius 2 is 2.00 bits per heavy atom. The van der Waals surface area contributed by atoms with Gasteiger partial charge in [-0.05, 0) is 17.7 Å². The molecule has 0 aliphatic carbocycles. The summed E-state index contributed by atoms with van der Waals surface area (Å²) >= 11 is 8.79. The van der Waals surface area contributed by atoms with Gasteiger partial charge in [0.05, 0.1) is 6.54 Å². The minimum atomic E-state index is -4.20. The lowest BCUT2D eigenvalue weighted by Gasteiger charge is -2.22. The second-order valence-corrected chi connectivity index (χ2v) is 4.94. The molecule has 0 fully saturated rings. The van der Waals surface area contributed by atoms with E-state index in [4.69, 9.17) is 11.6 Å². The van der Waals surface area contributed by atoms with Crippen molar-refractivity contribution >= 4 is 27.5 Å². The van der Waals surface area contributed by atoms with Crippen LogP contribution in [0.25, 0.3) is 0 Å². The average Bonchev–Trinajstić information content (AvgIpc) is 2.15. The van der Waals surface area contributed by atoms with Crippen LogP contribution in [0.4, 0.5) is 13.2 Å². The highest BCUT2D eigenvalue weighted by Crippen LogP contribution is 2.19. The molecule has 0 spiro atoms. The molecule has 0 atom stereocenters. The van der Waals surface area contributed by atoms with Gasteiger partial charge in [0.15, 0.2) is 0 Å². The molecule has 1 nitrogen and oxygen atoms in total. The fourth-order valence-electron chi connectivity index (χ4n) is 1.48. The molecule has 1 aromatic rings. The second kappa shape index (κ2) is 6.61. The standard InChI is InChI=1S/C11H12BrClF3N/c12-10-3-1-2-9(6-10)7-17(5-4-13)8-11(14,15)16/h1-3,6H,4-5,7-8H2. The van der Waals surface area contributed by atoms with Crippen molar-refractivity contribution in [3.63, 3.8) is 0 Å². The number of nitrogens with zero attached hydrogens (tertiary/aromatic N) is 1. The first kappa shape index (κ1) is 14.8. The molecule has 17 heavy (non-hydrogen) atoms. The first-order valence-electron chi connectivity index (χ1n) is 5.00. The Balaban J connectivity index is 2.66. The maximum Gasteiger partial charge on any atom is 0.401 e. The Labute approximate surface area is 112 Å². The van der Waals surface area contributed by atoms with Crippen molar-refractivity contribution in [2.24, 2.45) is 0 Å². The van der Waals surface area contributed by atoms with Gasteiger partial charge in [-0.3, -0.25) is 4.90 Å². The third kappa shape index (κ3) is 6.29. The highest BCUT2D eigenvalue weighted by atomic mass is 79.9. The average molecular weight is 331 g/mol. The zero-order chi connectivity index (χ0) is 12.9. The van der Waals surface area contributed by atoms with Crippen LogP contribution in [-0.4, -0.2) is 30.0 Å². The van der Waals surface area contributed by atoms with Crippen molar-refractivity contribution in [1.29, 1.82) is 0 Å². The molecular weight excluding hydrogens is 318 g/mol. The zero-order valence-corrected chi connectivity index (χ0v) is 11.3. The maximum absolute atomic E-state index is 12.3. The molecule has 96 valence electrons. The van der Waals surface area contributed by atoms with Crippen molar-refractivity contribution in [3.8, 4) is 0 Å². The lowest BCUT2D eigenvalue weighted by molar-refractivity contribution is -0.146. The van der Waals surface area contributed by atoms with Crippen LogP contribution in [0.5, 0.6) is 0 Å². The van der Waals surface area contributed by atoms with Crippen LogP contribution in [0.2, 0.25) is 0 Å². The van der Waals surface area contributed by atoms with E-state index >= 15 is 0 Å². The van der Waals surface area contributed by atoms with Crippen LogP contribution in [-0.2, 0) is 6.54 Å². The summed E-state index contributed by atoms with van der Waals surface area (Å²) in [4.78, 5) is 1.29. The minimum absolute atomic E-state index is 0.185. The number of alkyl halides is 4. The van der Waals surface area contributed by atoms with Gasteiger partial charge >= 0.3 is 6.18 Å². The highest BCUT2D eigenvalue weighted by Gasteiger charge is 2.30. The number of hydrogen-bond donors (Lipinski definition) is 0. The Hall–Kier alpha value is -0.260. The van der Waals surface area contributed by atoms with Crippen molar-refractivity contribution in [3.05, 3.63) is 34.3 Å². The van der Waals surface area contributed by atoms with Gasteiger partial charge in [0.2, 0.25) is 0 Å². The molecular formula is C11H12BrClF3N. The highest BCUT2D eigenvalue weighted by molar-refractivity contribution is 9.10. The van der Waals surface area contributed by atoms with Crippen molar-refractivity contribution in [1.82, 2.24) is 4.90 Å². The Bertz CT molecular complexity index is 357. The van der Waals surface area contributed by atoms with E-state index in [-0.39, 0.29) is 19.0 Å². The molecule has 0 saturated heterocycles. The third-order valence-electron chi connectivity index (χ3n) is 2.10. The molecule has 0 amide bonds. The van der Waals surface area contributed by atoms with E-state index in [0.717, 1.165) is 10.0 Å². The fraction of sp³-hybridized carbons (Fsp3) is 0.455. The summed E-state index contributed by atoms with van der Waals surface area (Å²) in [6, 6.07) is 7.23. The molecule has 0 bridgehead atoms. The van der Waals surface area contributed by atoms with Crippen molar-refractivity contribution in [2.75, 3.05) is 19.0 Å². The predicted molar refractivity (Wildman–Crippen MR) is 66.2 cm³/mol. The molecule has 0 aliphatic heterocycles. The van der Waals surface area contributed by atoms with E-state index in [1.165, 1.54) is 4.90 Å². The molecule has 0 heterocycles. The topological polar surface area (TPSA) is 3.24 Å². The summed E-state index contributed by atoms with van der Waals surface area (Å²) in [5.41, 5.74) is 0.828. The Kier molecular flexibility index (Phi) is 5.76. The Morgan fingerprint density at radius 3 is 2.53 bits per heavy atom. The molecule has 1 rings (SSSR count). The van der Waals surface area contributed by atoms with Gasteiger partial charge in [0.25, 0.3) is 0 Å². The van der Waals surface area contributed by atoms with E-state index in [1.807, 2.05) is 6.07 Å². The van der Waals surface area contributed by atoms with E-state index in [9.17, 15) is 13.2 Å². The van der Waals surface area contributed by atoms with E-state index in [1.54, 1.807) is 18.2 Å². The molecule has 1 aromatic carbocycles. The normalized spacial score (nSPS) is 12.1. The van der Waals surface area contributed by atoms with Crippen LogP contribution < -0.4 is 0 Å². The summed E-state index contributed by atoms with van der Waals surface area (Å²) in [5, 5.41) is 0. The van der Waals surface area contributed by atoms with E-state index < -0.39 is 12.7 Å². The van der Waals surface area contributed by atoms with Gasteiger partial charge < -0.3 is 0 Å². The fourth-order valence-corrected chi connectivity index (χ4v) is 2.17. The number of rotatable bonds is 5. The van der Waals surface area contributed by atoms with Gasteiger partial charge in [0.1, 0.15) is 0 Å². The molecule has 0 aromatic heterocycles. The summed E-state index contributed by atoms with van der Waals surface area (Å²) in [6.07, 6.45) is -4.20. The van der Waals surface area contributed by atoms with Crippen molar-refractivity contribution in [2.45, 2.75) is 12.7 Å². The van der Waals surface area contributed by atoms with Gasteiger partial charge in [-0.15, -0.1) is 11.6 Å². The molecule has 0 radical (unpaired) electrons. The summed E-state index contributed by atoms with van der Waals surface area (Å²) in [5.74, 6) is 0.185. The number of hydrogen-bond acceptors (Lipinski definition) is 1. The zero-order valence-electron chi connectivity index (χ0n) is 8.97. The quantitative estimate of drug-likeness (QED) is 0.736. The minimum Gasteiger partial charge on any atom is -0.290 e. The first-order chi connectivity index (χ1) is 7.90. The number of benzene rings is 1. The largest absolute Gasteiger partial charge is 0.401 e. The Morgan fingerprint density at radius 1 is 1.29 bits per heavy atom. The second-order valence-electron chi connectivity index (χ2n) is 3.64. The summed E-state index contributed by atoms with van der Waals surface area (Å²) in [6.45, 7) is -0.481. The number of halogens is 5. The van der Waals surface area contributed by atoms with Crippen LogP contribution in [0.1, 0.15) is 5.56 Å². The predicted octanol–water partition coefficient (Wildman–Crippen LogP) is 4.05. The van der Waals surface area contributed by atoms with Crippen LogP contribution in [0, 0.1) is 0 Å². The molecule has 0 N–H and O–H groups in total. The first-order valence-corrected chi connectivity index (χ1v) is 6.33. The van der Waals surface area contributed by atoms with Gasteiger partial charge in [-0.2, -0.15) is 13.2 Å². The monoisotopic (exact) mass is 329 g/mol. The van der Waals surface area contributed by atoms with Gasteiger partial charge in [-0.1, -0.05) is 28.1 Å². The smallest absolute Gasteiger partial charge is 0.290 e. The lowest BCUT2D eigenvalue weighted by Crippen LogP contribution is -2.35. The summed E-state index contributed by atoms with van der Waals surface area (Å²) < 4.78 is 37.8. The van der Waals surface area contributed by atoms with Crippen LogP contribution >= 0.6 is 27.5 Å². The van der Waals surface area contributed by atoms with Gasteiger partial charge in [-0.25, -0.2) is 0 Å². The third-order valence-corrected chi connectivity index (χ3v) is 2.76. The SMILES string of the molecule is FC(F)(F)CN(CCCl)Cc1cccc(Br)c1.